The molecule has 5 atom stereocenters. The first kappa shape index (κ1) is 27.0. The molecule has 184 valence electrons. The third-order valence-electron chi connectivity index (χ3n) is 3.57. The van der Waals surface area contributed by atoms with E-state index in [0.717, 1.165) is 0 Å². The number of nitrogens with zero attached hydrogens (tertiary/aromatic N) is 2. The molecule has 0 saturated carbocycles. The smallest absolute Gasteiger partial charge is 0.388 e. The Morgan fingerprint density at radius 3 is 2.31 bits per heavy atom. The number of nitrogens with two attached hydrogens (primary N) is 1. The average Bonchev–Trinajstić information content (AvgIpc) is 2.89. The molecule has 7 N–H and O–H groups in total. The minimum Gasteiger partial charge on any atom is -0.388 e. The van der Waals surface area contributed by atoms with Gasteiger partial charge in [0.15, 0.2) is 6.23 Å². The number of anilines is 1. The second-order valence-electron chi connectivity index (χ2n) is 6.07. The second kappa shape index (κ2) is 9.21. The molecule has 2 rings (SSSR count). The highest BCUT2D eigenvalue weighted by atomic mass is 31.3. The fourth-order valence-electron chi connectivity index (χ4n) is 2.45. The molecule has 2 unspecified atom stereocenters. The van der Waals surface area contributed by atoms with Crippen LogP contribution < -0.4 is 11.4 Å². The van der Waals surface area contributed by atoms with Crippen molar-refractivity contribution in [2.24, 2.45) is 0 Å². The van der Waals surface area contributed by atoms with Gasteiger partial charge in [0.05, 0.1) is 12.7 Å². The number of phosphoric acid groups is 3. The number of hydrogen-bond donors (Lipinski definition) is 6. The zero-order valence-electron chi connectivity index (χ0n) is 15.2. The van der Waals surface area contributed by atoms with E-state index >= 15 is 0 Å². The predicted molar refractivity (Wildman–Crippen MR) is 92.3 cm³/mol. The lowest BCUT2D eigenvalue weighted by Gasteiger charge is -2.20. The van der Waals surface area contributed by atoms with Crippen molar-refractivity contribution in [2.45, 2.75) is 31.0 Å². The van der Waals surface area contributed by atoms with Gasteiger partial charge >= 0.3 is 35.3 Å². The highest BCUT2D eigenvalue weighted by Gasteiger charge is 2.43. The summed E-state index contributed by atoms with van der Waals surface area (Å²) in [6.45, 7) is -0.986. The number of halogens is 3. The Bertz CT molecular complexity index is 1060. The molecule has 0 spiro atoms. The summed E-state index contributed by atoms with van der Waals surface area (Å²) >= 11 is 0. The van der Waals surface area contributed by atoms with Crippen LogP contribution in [0.4, 0.5) is 19.0 Å². The molecule has 0 bridgehead atoms. The maximum atomic E-state index is 13.0. The first-order chi connectivity index (χ1) is 14.3. The number of phosphoric ester groups is 1. The Balaban J connectivity index is 2.10. The molecular formula is C10H15F3N3O13P3. The van der Waals surface area contributed by atoms with E-state index in [1.807, 2.05) is 0 Å². The number of alkyl halides is 3. The lowest BCUT2D eigenvalue weighted by Crippen LogP contribution is -2.34. The van der Waals surface area contributed by atoms with Crippen LogP contribution in [0.2, 0.25) is 0 Å². The average molecular weight is 535 g/mol. The lowest BCUT2D eigenvalue weighted by molar-refractivity contribution is -0.138. The molecule has 22 heteroatoms. The molecule has 0 aromatic carbocycles. The predicted octanol–water partition coefficient (Wildman–Crippen LogP) is -0.164. The summed E-state index contributed by atoms with van der Waals surface area (Å²) in [4.78, 5) is 50.2. The van der Waals surface area contributed by atoms with Crippen molar-refractivity contribution in [1.29, 1.82) is 0 Å². The van der Waals surface area contributed by atoms with Crippen molar-refractivity contribution in [1.82, 2.24) is 9.55 Å². The van der Waals surface area contributed by atoms with Crippen LogP contribution >= 0.6 is 23.5 Å². The van der Waals surface area contributed by atoms with Crippen LogP contribution in [0, 0.1) is 0 Å². The molecule has 2 heterocycles. The fourth-order valence-corrected chi connectivity index (χ4v) is 5.50. The Morgan fingerprint density at radius 2 is 1.78 bits per heavy atom. The standard InChI is InChI=1S/C10H15F3N3O13P3/c11-10(12,13)5-2-16(9(18)15-7(5)14)8-6(17)1-4(27-8)3-26-31(22,23)29-32(24,25)28-30(19,20)21/h2,4,6,8,17H,1,3H2,(H,22,23)(H,24,25)(H2,14,15,18)(H2,19,20,21)/t4-,6-,8+/m0/s1. The van der Waals surface area contributed by atoms with E-state index in [2.05, 4.69) is 18.1 Å². The summed E-state index contributed by atoms with van der Waals surface area (Å²) in [5.74, 6) is -1.12. The van der Waals surface area contributed by atoms with Crippen molar-refractivity contribution in [3.8, 4) is 0 Å². The maximum absolute atomic E-state index is 13.0. The third kappa shape index (κ3) is 7.41. The topological polar surface area (TPSA) is 250 Å². The van der Waals surface area contributed by atoms with Crippen LogP contribution in [0.1, 0.15) is 18.2 Å². The van der Waals surface area contributed by atoms with Gasteiger partial charge in [0.2, 0.25) is 0 Å². The maximum Gasteiger partial charge on any atom is 0.490 e. The Hall–Kier alpha value is -1.20. The summed E-state index contributed by atoms with van der Waals surface area (Å²) in [5, 5.41) is 10.0. The van der Waals surface area contributed by atoms with Gasteiger partial charge in [-0.15, -0.1) is 0 Å². The largest absolute Gasteiger partial charge is 0.490 e. The van der Waals surface area contributed by atoms with Gasteiger partial charge in [-0.25, -0.2) is 18.5 Å². The summed E-state index contributed by atoms with van der Waals surface area (Å²) < 4.78 is 89.1. The van der Waals surface area contributed by atoms with Gasteiger partial charge in [-0.05, 0) is 0 Å². The number of nitrogen functional groups attached to an aromatic ring is 1. The van der Waals surface area contributed by atoms with Crippen molar-refractivity contribution >= 4 is 29.3 Å². The molecule has 1 fully saturated rings. The van der Waals surface area contributed by atoms with Gasteiger partial charge in [-0.2, -0.15) is 26.8 Å². The Kier molecular flexibility index (Phi) is 7.79. The zero-order chi connectivity index (χ0) is 24.7. The monoisotopic (exact) mass is 535 g/mol. The molecule has 1 aliphatic rings. The normalized spacial score (nSPS) is 25.9. The summed E-state index contributed by atoms with van der Waals surface area (Å²) in [5.41, 5.74) is 2.27. The number of aromatic nitrogens is 2. The van der Waals surface area contributed by atoms with Crippen molar-refractivity contribution in [3.63, 3.8) is 0 Å². The molecule has 0 aliphatic carbocycles. The van der Waals surface area contributed by atoms with Gasteiger partial charge in [0.1, 0.15) is 17.5 Å². The second-order valence-corrected chi connectivity index (χ2v) is 10.5. The van der Waals surface area contributed by atoms with E-state index in [1.54, 1.807) is 0 Å². The van der Waals surface area contributed by atoms with Gasteiger partial charge in [-0.1, -0.05) is 0 Å². The number of aliphatic hydroxyl groups is 1. The minimum absolute atomic E-state index is 0.253. The van der Waals surface area contributed by atoms with Gasteiger partial charge in [0, 0.05) is 12.6 Å². The van der Waals surface area contributed by atoms with E-state index in [1.165, 1.54) is 0 Å². The van der Waals surface area contributed by atoms with Gasteiger partial charge in [0.25, 0.3) is 0 Å². The molecule has 0 amide bonds. The minimum atomic E-state index is -5.77. The van der Waals surface area contributed by atoms with Crippen LogP contribution in [0.3, 0.4) is 0 Å². The molecule has 1 aliphatic heterocycles. The zero-order valence-corrected chi connectivity index (χ0v) is 17.9. The van der Waals surface area contributed by atoms with Crippen LogP contribution in [0.25, 0.3) is 0 Å². The molecule has 0 radical (unpaired) electrons. The SMILES string of the molecule is Nc1nc(=O)n([C@@H]2O[C@H](COP(=O)(O)OP(=O)(O)OP(=O)(O)O)C[C@@H]2O)cc1C(F)(F)F. The van der Waals surface area contributed by atoms with Gasteiger partial charge in [-0.3, -0.25) is 9.09 Å². The Morgan fingerprint density at radius 1 is 1.19 bits per heavy atom. The molecule has 1 aromatic heterocycles. The fraction of sp³-hybridized carbons (Fsp3) is 0.600. The lowest BCUT2D eigenvalue weighted by atomic mass is 10.2. The van der Waals surface area contributed by atoms with Crippen molar-refractivity contribution in [3.05, 3.63) is 22.2 Å². The van der Waals surface area contributed by atoms with Crippen LogP contribution in [0.5, 0.6) is 0 Å². The third-order valence-corrected chi connectivity index (χ3v) is 7.37. The van der Waals surface area contributed by atoms with E-state index in [-0.39, 0.29) is 10.8 Å². The van der Waals surface area contributed by atoms with Crippen molar-refractivity contribution < 1.29 is 69.4 Å². The molecule has 32 heavy (non-hydrogen) atoms. The molecular weight excluding hydrogens is 520 g/mol. The summed E-state index contributed by atoms with van der Waals surface area (Å²) in [6, 6.07) is 0. The van der Waals surface area contributed by atoms with Gasteiger partial charge < -0.3 is 35.2 Å². The van der Waals surface area contributed by atoms with E-state index in [0.29, 0.717) is 0 Å². The summed E-state index contributed by atoms with van der Waals surface area (Å²) in [7, 11) is -16.9. The Labute approximate surface area is 174 Å². The molecule has 1 aromatic rings. The highest BCUT2D eigenvalue weighted by Crippen LogP contribution is 2.66. The number of hydrogen-bond acceptors (Lipinski definition) is 11. The van der Waals surface area contributed by atoms with E-state index in [9.17, 15) is 41.7 Å². The van der Waals surface area contributed by atoms with Crippen LogP contribution in [0.15, 0.2) is 11.0 Å². The van der Waals surface area contributed by atoms with Crippen LogP contribution in [-0.2, 0) is 37.8 Å². The number of ether oxygens (including phenoxy) is 1. The number of rotatable bonds is 8. The summed E-state index contributed by atoms with van der Waals surface area (Å²) in [6.07, 6.45) is -9.94. The molecule has 16 nitrogen and oxygen atoms in total. The first-order valence-electron chi connectivity index (χ1n) is 7.87. The van der Waals surface area contributed by atoms with Crippen LogP contribution in [-0.4, -0.2) is 53.0 Å². The number of aliphatic hydroxyl groups excluding tert-OH is 1. The van der Waals surface area contributed by atoms with E-state index in [4.69, 9.17) is 25.2 Å². The highest BCUT2D eigenvalue weighted by molar-refractivity contribution is 7.66. The first-order valence-corrected chi connectivity index (χ1v) is 12.4. The molecule has 1 saturated heterocycles. The van der Waals surface area contributed by atoms with E-state index < -0.39 is 78.2 Å². The van der Waals surface area contributed by atoms with Crippen molar-refractivity contribution in [2.75, 3.05) is 12.3 Å². The quantitative estimate of drug-likeness (QED) is 0.237.